The SMILES string of the molecule is COC(=O)c1cc(F)cc(-c2nc(Cl)c(C(=O)OC)s2)c1. The molecule has 5 nitrogen and oxygen atoms in total. The second-order valence-electron chi connectivity index (χ2n) is 3.85. The van der Waals surface area contributed by atoms with Crippen molar-refractivity contribution in [2.45, 2.75) is 0 Å². The van der Waals surface area contributed by atoms with Crippen LogP contribution in [0.2, 0.25) is 5.15 Å². The molecular weight excluding hydrogens is 321 g/mol. The van der Waals surface area contributed by atoms with Crippen LogP contribution in [0.5, 0.6) is 0 Å². The third kappa shape index (κ3) is 3.20. The molecule has 0 N–H and O–H groups in total. The number of methoxy groups -OCH3 is 2. The van der Waals surface area contributed by atoms with Crippen molar-refractivity contribution in [2.75, 3.05) is 14.2 Å². The number of rotatable bonds is 3. The summed E-state index contributed by atoms with van der Waals surface area (Å²) in [7, 11) is 2.41. The molecule has 0 amide bonds. The fourth-order valence-electron chi connectivity index (χ4n) is 1.59. The molecular formula is C13H9ClFNO4S. The highest BCUT2D eigenvalue weighted by atomic mass is 35.5. The fourth-order valence-corrected chi connectivity index (χ4v) is 2.78. The number of aromatic nitrogens is 1. The molecule has 0 aliphatic rings. The number of carbonyl (C=O) groups excluding carboxylic acids is 2. The van der Waals surface area contributed by atoms with Crippen LogP contribution < -0.4 is 0 Å². The molecule has 0 aliphatic carbocycles. The summed E-state index contributed by atoms with van der Waals surface area (Å²) in [5.74, 6) is -1.93. The van der Waals surface area contributed by atoms with Crippen LogP contribution in [0, 0.1) is 5.82 Å². The van der Waals surface area contributed by atoms with Crippen molar-refractivity contribution in [3.63, 3.8) is 0 Å². The van der Waals surface area contributed by atoms with E-state index in [-0.39, 0.29) is 15.6 Å². The van der Waals surface area contributed by atoms with Gasteiger partial charge in [0.15, 0.2) is 10.0 Å². The second kappa shape index (κ2) is 6.19. The first-order chi connectivity index (χ1) is 9.96. The summed E-state index contributed by atoms with van der Waals surface area (Å²) in [5, 5.41) is 0.260. The van der Waals surface area contributed by atoms with E-state index in [1.54, 1.807) is 0 Å². The third-order valence-corrected chi connectivity index (χ3v) is 3.99. The van der Waals surface area contributed by atoms with Crippen LogP contribution in [0.4, 0.5) is 4.39 Å². The molecule has 1 aromatic heterocycles. The first-order valence-corrected chi connectivity index (χ1v) is 6.79. The topological polar surface area (TPSA) is 65.5 Å². The predicted molar refractivity (Wildman–Crippen MR) is 75.2 cm³/mol. The van der Waals surface area contributed by atoms with Gasteiger partial charge in [-0.2, -0.15) is 0 Å². The largest absolute Gasteiger partial charge is 0.465 e. The van der Waals surface area contributed by atoms with E-state index < -0.39 is 17.8 Å². The Bertz CT molecular complexity index is 716. The van der Waals surface area contributed by atoms with Gasteiger partial charge in [-0.1, -0.05) is 11.6 Å². The van der Waals surface area contributed by atoms with E-state index in [9.17, 15) is 14.0 Å². The van der Waals surface area contributed by atoms with Crippen molar-refractivity contribution < 1.29 is 23.5 Å². The Kier molecular flexibility index (Phi) is 4.54. The molecule has 2 rings (SSSR count). The Morgan fingerprint density at radius 1 is 1.19 bits per heavy atom. The van der Waals surface area contributed by atoms with Gasteiger partial charge in [-0.15, -0.1) is 11.3 Å². The number of ether oxygens (including phenoxy) is 2. The van der Waals surface area contributed by atoms with Crippen molar-refractivity contribution in [1.82, 2.24) is 4.98 Å². The standard InChI is InChI=1S/C13H9ClFNO4S/c1-19-12(17)7-3-6(4-8(15)5-7)11-16-10(14)9(21-11)13(18)20-2/h3-5H,1-2H3. The lowest BCUT2D eigenvalue weighted by atomic mass is 10.1. The molecule has 0 spiro atoms. The van der Waals surface area contributed by atoms with E-state index in [0.717, 1.165) is 17.4 Å². The highest BCUT2D eigenvalue weighted by molar-refractivity contribution is 7.17. The summed E-state index contributed by atoms with van der Waals surface area (Å²) in [5.41, 5.74) is 0.357. The zero-order chi connectivity index (χ0) is 15.6. The molecule has 110 valence electrons. The second-order valence-corrected chi connectivity index (χ2v) is 5.21. The Morgan fingerprint density at radius 3 is 2.48 bits per heavy atom. The number of carbonyl (C=O) groups is 2. The molecule has 0 fully saturated rings. The van der Waals surface area contributed by atoms with Gasteiger partial charge < -0.3 is 9.47 Å². The van der Waals surface area contributed by atoms with Crippen LogP contribution in [-0.2, 0) is 9.47 Å². The van der Waals surface area contributed by atoms with Crippen LogP contribution in [0.25, 0.3) is 10.6 Å². The Hall–Kier alpha value is -1.99. The summed E-state index contributed by atoms with van der Waals surface area (Å²) in [6.07, 6.45) is 0. The molecule has 0 saturated heterocycles. The van der Waals surface area contributed by atoms with Gasteiger partial charge in [-0.25, -0.2) is 19.0 Å². The van der Waals surface area contributed by atoms with Crippen LogP contribution in [0.1, 0.15) is 20.0 Å². The summed E-state index contributed by atoms with van der Waals surface area (Å²) in [4.78, 5) is 27.0. The summed E-state index contributed by atoms with van der Waals surface area (Å²) in [6.45, 7) is 0. The molecule has 2 aromatic rings. The number of benzene rings is 1. The molecule has 1 heterocycles. The lowest BCUT2D eigenvalue weighted by Crippen LogP contribution is -2.02. The number of hydrogen-bond acceptors (Lipinski definition) is 6. The minimum absolute atomic E-state index is 0.0364. The highest BCUT2D eigenvalue weighted by Crippen LogP contribution is 2.32. The van der Waals surface area contributed by atoms with E-state index >= 15 is 0 Å². The van der Waals surface area contributed by atoms with Gasteiger partial charge in [0.05, 0.1) is 19.8 Å². The van der Waals surface area contributed by atoms with Crippen LogP contribution >= 0.6 is 22.9 Å². The first-order valence-electron chi connectivity index (χ1n) is 5.60. The van der Waals surface area contributed by atoms with E-state index in [1.165, 1.54) is 26.4 Å². The van der Waals surface area contributed by atoms with Gasteiger partial charge >= 0.3 is 11.9 Å². The van der Waals surface area contributed by atoms with Gasteiger partial charge in [0.25, 0.3) is 0 Å². The lowest BCUT2D eigenvalue weighted by Gasteiger charge is -2.02. The smallest absolute Gasteiger partial charge is 0.351 e. The molecule has 1 aromatic carbocycles. The summed E-state index contributed by atoms with van der Waals surface area (Å²) >= 11 is 6.80. The van der Waals surface area contributed by atoms with Crippen LogP contribution in [0.15, 0.2) is 18.2 Å². The molecule has 0 atom stereocenters. The number of hydrogen-bond donors (Lipinski definition) is 0. The van der Waals surface area contributed by atoms with Crippen molar-refractivity contribution >= 4 is 34.9 Å². The van der Waals surface area contributed by atoms with Gasteiger partial charge in [0.1, 0.15) is 10.8 Å². The third-order valence-electron chi connectivity index (χ3n) is 2.52. The normalized spacial score (nSPS) is 10.3. The minimum Gasteiger partial charge on any atom is -0.465 e. The fraction of sp³-hybridized carbons (Fsp3) is 0.154. The van der Waals surface area contributed by atoms with E-state index in [1.807, 2.05) is 0 Å². The number of halogens is 2. The Morgan fingerprint density at radius 2 is 1.86 bits per heavy atom. The van der Waals surface area contributed by atoms with Crippen LogP contribution in [-0.4, -0.2) is 31.1 Å². The van der Waals surface area contributed by atoms with Crippen LogP contribution in [0.3, 0.4) is 0 Å². The minimum atomic E-state index is -0.674. The van der Waals surface area contributed by atoms with Crippen molar-refractivity contribution in [2.24, 2.45) is 0 Å². The van der Waals surface area contributed by atoms with Gasteiger partial charge in [0, 0.05) is 5.56 Å². The van der Waals surface area contributed by atoms with E-state index in [2.05, 4.69) is 14.5 Å². The molecule has 0 radical (unpaired) electrons. The molecule has 0 saturated carbocycles. The van der Waals surface area contributed by atoms with Crippen molar-refractivity contribution in [1.29, 1.82) is 0 Å². The number of thiazole rings is 1. The van der Waals surface area contributed by atoms with Crippen molar-refractivity contribution in [3.05, 3.63) is 39.6 Å². The maximum Gasteiger partial charge on any atom is 0.351 e. The van der Waals surface area contributed by atoms with Gasteiger partial charge in [-0.05, 0) is 18.2 Å². The molecule has 8 heteroatoms. The molecule has 0 aliphatic heterocycles. The zero-order valence-electron chi connectivity index (χ0n) is 11.0. The Balaban J connectivity index is 2.49. The maximum absolute atomic E-state index is 13.6. The van der Waals surface area contributed by atoms with E-state index in [0.29, 0.717) is 10.6 Å². The maximum atomic E-state index is 13.6. The monoisotopic (exact) mass is 329 g/mol. The molecule has 0 bridgehead atoms. The van der Waals surface area contributed by atoms with Crippen molar-refractivity contribution in [3.8, 4) is 10.6 Å². The average molecular weight is 330 g/mol. The summed E-state index contributed by atoms with van der Waals surface area (Å²) < 4.78 is 22.7. The summed E-state index contributed by atoms with van der Waals surface area (Å²) in [6, 6.07) is 3.64. The molecule has 21 heavy (non-hydrogen) atoms. The van der Waals surface area contributed by atoms with Gasteiger partial charge in [0.2, 0.25) is 0 Å². The number of esters is 2. The zero-order valence-corrected chi connectivity index (χ0v) is 12.5. The van der Waals surface area contributed by atoms with E-state index in [4.69, 9.17) is 11.6 Å². The number of nitrogens with zero attached hydrogens (tertiary/aromatic N) is 1. The lowest BCUT2D eigenvalue weighted by molar-refractivity contribution is 0.0594. The first kappa shape index (κ1) is 15.4. The Labute approximate surface area is 128 Å². The van der Waals surface area contributed by atoms with Gasteiger partial charge in [-0.3, -0.25) is 0 Å². The highest BCUT2D eigenvalue weighted by Gasteiger charge is 2.19. The average Bonchev–Trinajstić information content (AvgIpc) is 2.87. The quantitative estimate of drug-likeness (QED) is 0.809. The predicted octanol–water partition coefficient (Wildman–Crippen LogP) is 3.18. The molecule has 0 unspecified atom stereocenters.